The zero-order chi connectivity index (χ0) is 26.0. The number of aromatic nitrogens is 2. The molecule has 0 bridgehead atoms. The first kappa shape index (κ1) is 26.0. The molecular formula is C33H43N3. The molecule has 190 valence electrons. The van der Waals surface area contributed by atoms with E-state index >= 15 is 0 Å². The Bertz CT molecular complexity index is 1340. The van der Waals surface area contributed by atoms with Crippen molar-refractivity contribution < 1.29 is 0 Å². The van der Waals surface area contributed by atoms with Crippen LogP contribution in [0.2, 0.25) is 0 Å². The van der Waals surface area contributed by atoms with Gasteiger partial charge in [-0.25, -0.2) is 4.98 Å². The van der Waals surface area contributed by atoms with Crippen molar-refractivity contribution in [1.82, 2.24) is 9.55 Å². The maximum Gasteiger partial charge on any atom is 0.141 e. The molecule has 0 aliphatic heterocycles. The van der Waals surface area contributed by atoms with E-state index in [0.717, 1.165) is 29.3 Å². The molecule has 4 rings (SSSR count). The third kappa shape index (κ3) is 5.51. The summed E-state index contributed by atoms with van der Waals surface area (Å²) in [5.41, 5.74) is 12.3. The van der Waals surface area contributed by atoms with Crippen LogP contribution in [-0.2, 0) is 12.0 Å². The zero-order valence-corrected chi connectivity index (χ0v) is 23.5. The summed E-state index contributed by atoms with van der Waals surface area (Å²) in [6, 6.07) is 17.9. The minimum Gasteiger partial charge on any atom is -0.354 e. The predicted molar refractivity (Wildman–Crippen MR) is 157 cm³/mol. The van der Waals surface area contributed by atoms with Crippen LogP contribution in [0.3, 0.4) is 0 Å². The summed E-state index contributed by atoms with van der Waals surface area (Å²) in [5.74, 6) is 1.09. The monoisotopic (exact) mass is 481 g/mol. The van der Waals surface area contributed by atoms with Crippen molar-refractivity contribution in [2.45, 2.75) is 93.0 Å². The Morgan fingerprint density at radius 1 is 0.833 bits per heavy atom. The van der Waals surface area contributed by atoms with Gasteiger partial charge in [0.25, 0.3) is 0 Å². The minimum atomic E-state index is 0.0994. The van der Waals surface area contributed by atoms with Gasteiger partial charge in [0, 0.05) is 17.8 Å². The Morgan fingerprint density at radius 3 is 2.19 bits per heavy atom. The number of hydrogen-bond acceptors (Lipinski definition) is 2. The molecule has 0 amide bonds. The maximum atomic E-state index is 5.32. The summed E-state index contributed by atoms with van der Waals surface area (Å²) < 4.78 is 2.46. The van der Waals surface area contributed by atoms with Crippen molar-refractivity contribution in [3.63, 3.8) is 0 Å². The molecule has 0 radical (unpaired) electrons. The van der Waals surface area contributed by atoms with E-state index in [1.54, 1.807) is 0 Å². The van der Waals surface area contributed by atoms with Crippen LogP contribution in [0.1, 0.15) is 81.2 Å². The molecule has 4 aromatic rings. The van der Waals surface area contributed by atoms with E-state index in [1.807, 2.05) is 0 Å². The van der Waals surface area contributed by atoms with E-state index in [-0.39, 0.29) is 5.41 Å². The molecule has 0 unspecified atom stereocenters. The fraction of sp³-hybridized carbons (Fsp3) is 0.424. The van der Waals surface area contributed by atoms with Crippen LogP contribution in [0, 0.1) is 27.7 Å². The Kier molecular flexibility index (Phi) is 7.59. The molecule has 0 saturated heterocycles. The van der Waals surface area contributed by atoms with Gasteiger partial charge in [0.05, 0.1) is 11.2 Å². The first-order chi connectivity index (χ1) is 17.1. The lowest BCUT2D eigenvalue weighted by atomic mass is 9.86. The van der Waals surface area contributed by atoms with Gasteiger partial charge in [0.15, 0.2) is 0 Å². The number of hydrogen-bond donors (Lipinski definition) is 1. The second-order valence-corrected chi connectivity index (χ2v) is 11.6. The summed E-state index contributed by atoms with van der Waals surface area (Å²) in [4.78, 5) is 5.32. The molecule has 0 aliphatic rings. The molecule has 0 spiro atoms. The Balaban J connectivity index is 1.84. The van der Waals surface area contributed by atoms with Crippen molar-refractivity contribution in [1.29, 1.82) is 0 Å². The van der Waals surface area contributed by atoms with E-state index in [2.05, 4.69) is 114 Å². The highest BCUT2D eigenvalue weighted by Crippen LogP contribution is 2.35. The highest BCUT2D eigenvalue weighted by molar-refractivity contribution is 5.93. The fourth-order valence-electron chi connectivity index (χ4n) is 5.34. The maximum absolute atomic E-state index is 5.32. The third-order valence-corrected chi connectivity index (χ3v) is 7.14. The van der Waals surface area contributed by atoms with Crippen molar-refractivity contribution in [2.24, 2.45) is 0 Å². The lowest BCUT2D eigenvalue weighted by Crippen LogP contribution is -2.11. The van der Waals surface area contributed by atoms with E-state index < -0.39 is 0 Å². The number of rotatable bonds is 8. The highest BCUT2D eigenvalue weighted by atomic mass is 15.1. The third-order valence-electron chi connectivity index (χ3n) is 7.14. The van der Waals surface area contributed by atoms with Crippen LogP contribution in [0.25, 0.3) is 22.4 Å². The quantitative estimate of drug-likeness (QED) is 0.254. The number of aryl methyl sites for hydroxylation is 5. The largest absolute Gasteiger partial charge is 0.354 e. The normalized spacial score (nSPS) is 11.9. The molecule has 0 aliphatic carbocycles. The van der Waals surface area contributed by atoms with Gasteiger partial charge in [-0.1, -0.05) is 76.8 Å². The molecule has 3 aromatic carbocycles. The van der Waals surface area contributed by atoms with Crippen molar-refractivity contribution in [2.75, 3.05) is 5.32 Å². The summed E-state index contributed by atoms with van der Waals surface area (Å²) in [7, 11) is 0. The number of anilines is 2. The molecule has 1 N–H and O–H groups in total. The lowest BCUT2D eigenvalue weighted by Gasteiger charge is -2.21. The van der Waals surface area contributed by atoms with Crippen LogP contribution in [0.4, 0.5) is 11.4 Å². The Hall–Kier alpha value is -3.07. The molecule has 3 nitrogen and oxygen atoms in total. The molecule has 3 heteroatoms. The van der Waals surface area contributed by atoms with E-state index in [4.69, 9.17) is 4.98 Å². The Morgan fingerprint density at radius 2 is 1.53 bits per heavy atom. The number of imidazole rings is 1. The van der Waals surface area contributed by atoms with Crippen molar-refractivity contribution >= 4 is 22.4 Å². The Labute approximate surface area is 218 Å². The zero-order valence-electron chi connectivity index (χ0n) is 23.5. The number of nitrogens with zero attached hydrogens (tertiary/aromatic N) is 2. The van der Waals surface area contributed by atoms with Crippen LogP contribution in [-0.4, -0.2) is 9.55 Å². The minimum absolute atomic E-state index is 0.0994. The van der Waals surface area contributed by atoms with Gasteiger partial charge in [-0.15, -0.1) is 0 Å². The van der Waals surface area contributed by atoms with Gasteiger partial charge >= 0.3 is 0 Å². The van der Waals surface area contributed by atoms with Crippen molar-refractivity contribution in [3.05, 3.63) is 76.3 Å². The fourth-order valence-corrected chi connectivity index (χ4v) is 5.34. The standard InChI is InChI=1S/C33H43N3/c1-9-10-11-12-16-36-29-15-13-14-28(34-27-20-23(3)19-26(21-27)33(6,7)8)31(29)35-32(36)30-24(4)17-22(2)18-25(30)5/h13-15,17-21,34H,9-12,16H2,1-8H3. The van der Waals surface area contributed by atoms with Crippen LogP contribution in [0.15, 0.2) is 48.5 Å². The first-order valence-electron chi connectivity index (χ1n) is 13.5. The highest BCUT2D eigenvalue weighted by Gasteiger charge is 2.19. The number of benzene rings is 3. The number of para-hydroxylation sites is 1. The van der Waals surface area contributed by atoms with E-state index in [0.29, 0.717) is 0 Å². The second kappa shape index (κ2) is 10.5. The lowest BCUT2D eigenvalue weighted by molar-refractivity contribution is 0.590. The summed E-state index contributed by atoms with van der Waals surface area (Å²) in [6.45, 7) is 18.8. The van der Waals surface area contributed by atoms with Gasteiger partial charge < -0.3 is 9.88 Å². The number of unbranched alkanes of at least 4 members (excludes halogenated alkanes) is 3. The molecule has 1 heterocycles. The summed E-state index contributed by atoms with van der Waals surface area (Å²) >= 11 is 0. The van der Waals surface area contributed by atoms with Crippen molar-refractivity contribution in [3.8, 4) is 11.4 Å². The average Bonchev–Trinajstić information content (AvgIpc) is 3.14. The molecule has 0 fully saturated rings. The van der Waals surface area contributed by atoms with Crippen LogP contribution < -0.4 is 5.32 Å². The van der Waals surface area contributed by atoms with Crippen LogP contribution >= 0.6 is 0 Å². The molecule has 0 atom stereocenters. The average molecular weight is 482 g/mol. The van der Waals surface area contributed by atoms with Crippen LogP contribution in [0.5, 0.6) is 0 Å². The second-order valence-electron chi connectivity index (χ2n) is 11.6. The molecule has 1 aromatic heterocycles. The first-order valence-corrected chi connectivity index (χ1v) is 13.5. The summed E-state index contributed by atoms with van der Waals surface area (Å²) in [5, 5.41) is 3.73. The van der Waals surface area contributed by atoms with Gasteiger partial charge in [-0.05, 0) is 86.1 Å². The predicted octanol–water partition coefficient (Wildman–Crippen LogP) is 9.56. The topological polar surface area (TPSA) is 29.9 Å². The summed E-state index contributed by atoms with van der Waals surface area (Å²) in [6.07, 6.45) is 4.94. The van der Waals surface area contributed by atoms with E-state index in [9.17, 15) is 0 Å². The van der Waals surface area contributed by atoms with E-state index in [1.165, 1.54) is 64.6 Å². The smallest absolute Gasteiger partial charge is 0.141 e. The molecular weight excluding hydrogens is 438 g/mol. The number of fused-ring (bicyclic) bond motifs is 1. The number of nitrogens with one attached hydrogen (secondary N) is 1. The van der Waals surface area contributed by atoms with Gasteiger partial charge in [0.2, 0.25) is 0 Å². The van der Waals surface area contributed by atoms with Gasteiger partial charge in [-0.3, -0.25) is 0 Å². The molecule has 36 heavy (non-hydrogen) atoms. The molecule has 0 saturated carbocycles. The van der Waals surface area contributed by atoms with Gasteiger partial charge in [0.1, 0.15) is 11.3 Å². The van der Waals surface area contributed by atoms with Gasteiger partial charge in [-0.2, -0.15) is 0 Å². The SMILES string of the molecule is CCCCCCn1c(-c2c(C)cc(C)cc2C)nc2c(Nc3cc(C)cc(C(C)(C)C)c3)cccc21.